The Balaban J connectivity index is 1.95. The highest BCUT2D eigenvalue weighted by Crippen LogP contribution is 2.19. The van der Waals surface area contributed by atoms with Crippen LogP contribution in [0, 0.1) is 0 Å². The van der Waals surface area contributed by atoms with Crippen molar-refractivity contribution in [3.63, 3.8) is 0 Å². The molecule has 2 unspecified atom stereocenters. The van der Waals surface area contributed by atoms with Crippen LogP contribution in [-0.4, -0.2) is 45.6 Å². The van der Waals surface area contributed by atoms with Crippen LogP contribution in [0.2, 0.25) is 0 Å². The van der Waals surface area contributed by atoms with Crippen molar-refractivity contribution in [3.8, 4) is 0 Å². The van der Waals surface area contributed by atoms with Crippen LogP contribution in [0.25, 0.3) is 0 Å². The van der Waals surface area contributed by atoms with E-state index in [1.165, 1.54) is 57.8 Å². The van der Waals surface area contributed by atoms with Crippen LogP contribution in [-0.2, 0) is 14.3 Å². The summed E-state index contributed by atoms with van der Waals surface area (Å²) in [4.78, 5) is 12.1. The number of amides is 1. The van der Waals surface area contributed by atoms with Gasteiger partial charge in [-0.15, -0.1) is 0 Å². The monoisotopic (exact) mass is 351 g/mol. The maximum Gasteiger partial charge on any atom is 0.220 e. The molecule has 1 heterocycles. The smallest absolute Gasteiger partial charge is 0.220 e. The third-order valence-corrected chi connectivity index (χ3v) is 4.97. The number of methoxy groups -OCH3 is 1. The standard InChI is InChI=1S/C20H38BNO3/c1-3-4-5-6-7-8-9-10-11-12-13-14-20(23)22-17-15-19(21)25-18(17)16-24-2/h17-19H,3-16H2,1-2H3,(H,22,23)/t17?,18-,19?/m1/s1. The lowest BCUT2D eigenvalue weighted by Gasteiger charge is -2.19. The predicted molar refractivity (Wildman–Crippen MR) is 104 cm³/mol. The molecule has 4 nitrogen and oxygen atoms in total. The molecule has 0 aromatic rings. The molecule has 0 saturated carbocycles. The van der Waals surface area contributed by atoms with E-state index in [2.05, 4.69) is 12.2 Å². The highest BCUT2D eigenvalue weighted by Gasteiger charge is 2.33. The minimum absolute atomic E-state index is 0.0184. The molecule has 1 saturated heterocycles. The molecule has 1 aliphatic rings. The first-order valence-electron chi connectivity index (χ1n) is 10.4. The van der Waals surface area contributed by atoms with Crippen molar-refractivity contribution in [1.29, 1.82) is 0 Å². The molecule has 0 bridgehead atoms. The van der Waals surface area contributed by atoms with E-state index >= 15 is 0 Å². The summed E-state index contributed by atoms with van der Waals surface area (Å²) in [7, 11) is 7.44. The third kappa shape index (κ3) is 10.9. The van der Waals surface area contributed by atoms with Crippen molar-refractivity contribution in [2.45, 2.75) is 109 Å². The van der Waals surface area contributed by atoms with Crippen LogP contribution in [0.15, 0.2) is 0 Å². The third-order valence-electron chi connectivity index (χ3n) is 4.97. The summed E-state index contributed by atoms with van der Waals surface area (Å²) in [6, 6.07) is -0.317. The Hall–Kier alpha value is -0.545. The molecule has 1 rings (SSSR count). The SMILES string of the molecule is [B]C1CC(NC(=O)CCCCCCCCCCCCC)[C@@H](COC)O1. The maximum atomic E-state index is 12.1. The van der Waals surface area contributed by atoms with E-state index in [4.69, 9.17) is 17.3 Å². The van der Waals surface area contributed by atoms with Gasteiger partial charge in [0.2, 0.25) is 5.91 Å². The quantitative estimate of drug-likeness (QED) is 0.357. The number of carbonyl (C=O) groups is 1. The van der Waals surface area contributed by atoms with E-state index in [9.17, 15) is 4.79 Å². The second kappa shape index (κ2) is 14.6. The molecule has 144 valence electrons. The molecule has 1 fully saturated rings. The maximum absolute atomic E-state index is 12.1. The normalized spacial score (nSPS) is 23.0. The molecule has 1 N–H and O–H groups in total. The lowest BCUT2D eigenvalue weighted by molar-refractivity contribution is -0.122. The van der Waals surface area contributed by atoms with Gasteiger partial charge in [-0.1, -0.05) is 71.1 Å². The number of rotatable bonds is 15. The van der Waals surface area contributed by atoms with Crippen LogP contribution >= 0.6 is 0 Å². The highest BCUT2D eigenvalue weighted by atomic mass is 16.5. The van der Waals surface area contributed by atoms with Crippen LogP contribution in [0.3, 0.4) is 0 Å². The van der Waals surface area contributed by atoms with Crippen molar-refractivity contribution in [2.24, 2.45) is 0 Å². The van der Waals surface area contributed by atoms with Gasteiger partial charge in [-0.05, 0) is 12.8 Å². The molecular weight excluding hydrogens is 313 g/mol. The molecule has 25 heavy (non-hydrogen) atoms. The van der Waals surface area contributed by atoms with Gasteiger partial charge in [0.15, 0.2) is 0 Å². The fourth-order valence-electron chi connectivity index (χ4n) is 3.48. The molecule has 3 atom stereocenters. The van der Waals surface area contributed by atoms with Gasteiger partial charge in [-0.2, -0.15) is 0 Å². The Morgan fingerprint density at radius 3 is 2.16 bits per heavy atom. The van der Waals surface area contributed by atoms with E-state index in [0.29, 0.717) is 19.4 Å². The average Bonchev–Trinajstić information content (AvgIpc) is 2.92. The first-order chi connectivity index (χ1) is 12.2. The van der Waals surface area contributed by atoms with Crippen molar-refractivity contribution >= 4 is 13.8 Å². The van der Waals surface area contributed by atoms with Gasteiger partial charge >= 0.3 is 0 Å². The Labute approximate surface area is 156 Å². The van der Waals surface area contributed by atoms with Gasteiger partial charge in [0.05, 0.1) is 12.6 Å². The van der Waals surface area contributed by atoms with E-state index in [1.54, 1.807) is 7.11 Å². The van der Waals surface area contributed by atoms with Crippen LogP contribution in [0.5, 0.6) is 0 Å². The van der Waals surface area contributed by atoms with Crippen LogP contribution in [0.1, 0.15) is 90.4 Å². The summed E-state index contributed by atoms with van der Waals surface area (Å²) >= 11 is 0. The number of unbranched alkanes of at least 4 members (excludes halogenated alkanes) is 10. The summed E-state index contributed by atoms with van der Waals surface area (Å²) in [5.41, 5.74) is 0. The Bertz CT molecular complexity index is 341. The first kappa shape index (κ1) is 22.5. The predicted octanol–water partition coefficient (Wildman–Crippen LogP) is 4.10. The lowest BCUT2D eigenvalue weighted by Crippen LogP contribution is -2.42. The molecule has 0 aromatic carbocycles. The average molecular weight is 351 g/mol. The second-order valence-corrected chi connectivity index (χ2v) is 7.36. The molecular formula is C20H38BNO3. The molecule has 1 amide bonds. The summed E-state index contributed by atoms with van der Waals surface area (Å²) in [5.74, 6) is 0.111. The minimum Gasteiger partial charge on any atom is -0.382 e. The van der Waals surface area contributed by atoms with Crippen molar-refractivity contribution < 1.29 is 14.3 Å². The zero-order chi connectivity index (χ0) is 18.3. The molecule has 2 radical (unpaired) electrons. The topological polar surface area (TPSA) is 47.6 Å². The minimum atomic E-state index is -0.299. The van der Waals surface area contributed by atoms with Crippen molar-refractivity contribution in [3.05, 3.63) is 0 Å². The number of nitrogens with one attached hydrogen (secondary N) is 1. The zero-order valence-electron chi connectivity index (χ0n) is 16.4. The number of hydrogen-bond acceptors (Lipinski definition) is 3. The van der Waals surface area contributed by atoms with Gasteiger partial charge in [0, 0.05) is 19.5 Å². The molecule has 0 aromatic heterocycles. The molecule has 1 aliphatic heterocycles. The fourth-order valence-corrected chi connectivity index (χ4v) is 3.48. The van der Waals surface area contributed by atoms with Gasteiger partial charge in [-0.25, -0.2) is 0 Å². The van der Waals surface area contributed by atoms with E-state index in [-0.39, 0.29) is 24.1 Å². The second-order valence-electron chi connectivity index (χ2n) is 7.36. The molecule has 0 aliphatic carbocycles. The summed E-state index contributed by atoms with van der Waals surface area (Å²) in [5, 5.41) is 3.06. The lowest BCUT2D eigenvalue weighted by atomic mass is 9.95. The number of ether oxygens (including phenoxy) is 2. The van der Waals surface area contributed by atoms with Gasteiger partial charge in [0.1, 0.15) is 14.0 Å². The Morgan fingerprint density at radius 2 is 1.60 bits per heavy atom. The number of hydrogen-bond donors (Lipinski definition) is 1. The van der Waals surface area contributed by atoms with E-state index in [0.717, 1.165) is 12.8 Å². The van der Waals surface area contributed by atoms with Crippen LogP contribution < -0.4 is 5.32 Å². The summed E-state index contributed by atoms with van der Waals surface area (Å²) < 4.78 is 10.7. The summed E-state index contributed by atoms with van der Waals surface area (Å²) in [6.45, 7) is 2.73. The first-order valence-corrected chi connectivity index (χ1v) is 10.4. The fraction of sp³-hybridized carbons (Fsp3) is 0.950. The van der Waals surface area contributed by atoms with Gasteiger partial charge in [-0.3, -0.25) is 4.79 Å². The zero-order valence-corrected chi connectivity index (χ0v) is 16.4. The molecule has 0 spiro atoms. The highest BCUT2D eigenvalue weighted by molar-refractivity contribution is 6.11. The summed E-state index contributed by atoms with van der Waals surface area (Å²) in [6.07, 6.45) is 15.4. The Morgan fingerprint density at radius 1 is 1.04 bits per heavy atom. The van der Waals surface area contributed by atoms with E-state index in [1.807, 2.05) is 0 Å². The van der Waals surface area contributed by atoms with Crippen LogP contribution in [0.4, 0.5) is 0 Å². The van der Waals surface area contributed by atoms with Gasteiger partial charge < -0.3 is 14.8 Å². The van der Waals surface area contributed by atoms with Gasteiger partial charge in [0.25, 0.3) is 0 Å². The number of carbonyl (C=O) groups excluding carboxylic acids is 1. The largest absolute Gasteiger partial charge is 0.382 e. The van der Waals surface area contributed by atoms with Crippen molar-refractivity contribution in [2.75, 3.05) is 13.7 Å². The van der Waals surface area contributed by atoms with Crippen molar-refractivity contribution in [1.82, 2.24) is 5.32 Å². The molecule has 5 heteroatoms. The van der Waals surface area contributed by atoms with E-state index < -0.39 is 0 Å². The Kier molecular flexibility index (Phi) is 13.1.